The molecule has 1 aromatic rings. The Balaban J connectivity index is 1.95. The van der Waals surface area contributed by atoms with Crippen LogP contribution in [0.2, 0.25) is 0 Å². The summed E-state index contributed by atoms with van der Waals surface area (Å²) >= 11 is 5.28. The number of guanidine groups is 1. The van der Waals surface area contributed by atoms with E-state index >= 15 is 0 Å². The van der Waals surface area contributed by atoms with Crippen molar-refractivity contribution in [2.45, 2.75) is 24.9 Å². The number of thiophene rings is 1. The Kier molecular flexibility index (Phi) is 6.88. The van der Waals surface area contributed by atoms with Crippen LogP contribution in [0, 0.1) is 0 Å². The fraction of sp³-hybridized carbons (Fsp3) is 0.688. The largest absolute Gasteiger partial charge is 0.381 e. The van der Waals surface area contributed by atoms with E-state index in [4.69, 9.17) is 4.74 Å². The van der Waals surface area contributed by atoms with Gasteiger partial charge in [0.1, 0.15) is 0 Å². The highest BCUT2D eigenvalue weighted by Crippen LogP contribution is 2.25. The van der Waals surface area contributed by atoms with Crippen LogP contribution in [0.5, 0.6) is 0 Å². The number of hydrogen-bond acceptors (Lipinski definition) is 4. The molecule has 2 heterocycles. The van der Waals surface area contributed by atoms with E-state index in [9.17, 15) is 0 Å². The summed E-state index contributed by atoms with van der Waals surface area (Å²) in [5, 5.41) is 3.56. The zero-order chi connectivity index (χ0) is 16.9. The number of rotatable bonds is 5. The normalized spacial score (nSPS) is 18.3. The summed E-state index contributed by atoms with van der Waals surface area (Å²) in [4.78, 5) is 10.2. The average molecular weight is 403 g/mol. The molecule has 0 bridgehead atoms. The van der Waals surface area contributed by atoms with Gasteiger partial charge < -0.3 is 19.9 Å². The highest BCUT2D eigenvalue weighted by molar-refractivity contribution is 9.11. The van der Waals surface area contributed by atoms with Gasteiger partial charge in [0.15, 0.2) is 5.96 Å². The lowest BCUT2D eigenvalue weighted by Gasteiger charge is -2.43. The van der Waals surface area contributed by atoms with Crippen LogP contribution in [0.3, 0.4) is 0 Å². The van der Waals surface area contributed by atoms with Crippen molar-refractivity contribution in [2.75, 3.05) is 47.9 Å². The number of nitrogens with zero attached hydrogens (tertiary/aromatic N) is 3. The molecule has 23 heavy (non-hydrogen) atoms. The molecule has 1 aliphatic heterocycles. The minimum Gasteiger partial charge on any atom is -0.381 e. The van der Waals surface area contributed by atoms with E-state index in [0.29, 0.717) is 0 Å². The fourth-order valence-electron chi connectivity index (χ4n) is 2.91. The van der Waals surface area contributed by atoms with Crippen molar-refractivity contribution >= 4 is 33.2 Å². The summed E-state index contributed by atoms with van der Waals surface area (Å²) in [6.45, 7) is 3.40. The molecule has 1 fully saturated rings. The minimum absolute atomic E-state index is 0.140. The number of nitrogens with one attached hydrogen (secondary N) is 1. The van der Waals surface area contributed by atoms with Crippen LogP contribution >= 0.6 is 27.3 Å². The van der Waals surface area contributed by atoms with Gasteiger partial charge in [-0.3, -0.25) is 4.99 Å². The summed E-state index contributed by atoms with van der Waals surface area (Å²) in [5.74, 6) is 0.933. The van der Waals surface area contributed by atoms with Crippen LogP contribution in [0.1, 0.15) is 17.7 Å². The maximum Gasteiger partial charge on any atom is 0.193 e. The summed E-state index contributed by atoms with van der Waals surface area (Å²) in [6, 6.07) is 4.24. The molecular weight excluding hydrogens is 376 g/mol. The standard InChI is InChI=1S/C16H27BrN4OS/c1-18-15(21(4)11-13-5-6-14(17)23-13)19-12-16(20(2)3)7-9-22-10-8-16/h5-6H,7-12H2,1-4H3,(H,18,19). The Bertz CT molecular complexity index is 526. The molecule has 1 saturated heterocycles. The van der Waals surface area contributed by atoms with E-state index in [1.807, 2.05) is 7.05 Å². The monoisotopic (exact) mass is 402 g/mol. The second-order valence-electron chi connectivity index (χ2n) is 6.19. The molecule has 7 heteroatoms. The van der Waals surface area contributed by atoms with Crippen LogP contribution in [0.4, 0.5) is 0 Å². The zero-order valence-corrected chi connectivity index (χ0v) is 16.8. The summed E-state index contributed by atoms with van der Waals surface area (Å²) in [7, 11) is 8.23. The van der Waals surface area contributed by atoms with Gasteiger partial charge in [-0.15, -0.1) is 11.3 Å². The Labute approximate surface area is 151 Å². The Morgan fingerprint density at radius 3 is 2.57 bits per heavy atom. The molecule has 0 saturated carbocycles. The molecule has 0 spiro atoms. The maximum atomic E-state index is 5.54. The van der Waals surface area contributed by atoms with Crippen LogP contribution < -0.4 is 5.32 Å². The summed E-state index contributed by atoms with van der Waals surface area (Å²) in [6.07, 6.45) is 2.09. The molecule has 1 N–H and O–H groups in total. The summed E-state index contributed by atoms with van der Waals surface area (Å²) in [5.41, 5.74) is 0.140. The predicted octanol–water partition coefficient (Wildman–Crippen LogP) is 2.63. The number of halogens is 1. The molecule has 1 aliphatic rings. The van der Waals surface area contributed by atoms with Gasteiger partial charge in [-0.2, -0.15) is 0 Å². The number of aliphatic imine (C=N–C) groups is 1. The van der Waals surface area contributed by atoms with E-state index in [2.05, 4.69) is 69.3 Å². The van der Waals surface area contributed by atoms with Gasteiger partial charge in [-0.05, 0) is 55.0 Å². The molecule has 0 aromatic carbocycles. The molecule has 5 nitrogen and oxygen atoms in total. The van der Waals surface area contributed by atoms with E-state index in [-0.39, 0.29) is 5.54 Å². The first-order chi connectivity index (χ1) is 11.0. The SMILES string of the molecule is CN=C(NCC1(N(C)C)CCOCC1)N(C)Cc1ccc(Br)s1. The van der Waals surface area contributed by atoms with Crippen LogP contribution in [-0.2, 0) is 11.3 Å². The third-order valence-corrected chi connectivity index (χ3v) is 6.15. The molecule has 0 atom stereocenters. The van der Waals surface area contributed by atoms with Crippen molar-refractivity contribution in [2.24, 2.45) is 4.99 Å². The second-order valence-corrected chi connectivity index (χ2v) is 8.74. The maximum absolute atomic E-state index is 5.54. The van der Waals surface area contributed by atoms with Gasteiger partial charge in [0, 0.05) is 44.3 Å². The Morgan fingerprint density at radius 2 is 2.04 bits per heavy atom. The topological polar surface area (TPSA) is 40.1 Å². The lowest BCUT2D eigenvalue weighted by atomic mass is 9.88. The van der Waals surface area contributed by atoms with Gasteiger partial charge in [0.2, 0.25) is 0 Å². The van der Waals surface area contributed by atoms with Crippen LogP contribution in [0.15, 0.2) is 20.9 Å². The van der Waals surface area contributed by atoms with Gasteiger partial charge >= 0.3 is 0 Å². The lowest BCUT2D eigenvalue weighted by Crippen LogP contribution is -2.57. The van der Waals surface area contributed by atoms with Crippen LogP contribution in [-0.4, -0.2) is 69.2 Å². The molecule has 2 rings (SSSR count). The highest BCUT2D eigenvalue weighted by Gasteiger charge is 2.35. The van der Waals surface area contributed by atoms with Crippen LogP contribution in [0.25, 0.3) is 0 Å². The second kappa shape index (κ2) is 8.46. The predicted molar refractivity (Wildman–Crippen MR) is 101 cm³/mol. The van der Waals surface area contributed by atoms with E-state index in [1.165, 1.54) is 4.88 Å². The van der Waals surface area contributed by atoms with Crippen molar-refractivity contribution in [3.63, 3.8) is 0 Å². The van der Waals surface area contributed by atoms with Crippen molar-refractivity contribution in [1.29, 1.82) is 0 Å². The number of hydrogen-bond donors (Lipinski definition) is 1. The highest BCUT2D eigenvalue weighted by atomic mass is 79.9. The molecule has 130 valence electrons. The third-order valence-electron chi connectivity index (χ3n) is 4.54. The smallest absolute Gasteiger partial charge is 0.193 e. The van der Waals surface area contributed by atoms with Gasteiger partial charge in [-0.1, -0.05) is 0 Å². The molecule has 0 radical (unpaired) electrons. The lowest BCUT2D eigenvalue weighted by molar-refractivity contribution is -0.00522. The Hall–Kier alpha value is -0.630. The first-order valence-electron chi connectivity index (χ1n) is 7.88. The molecule has 0 aliphatic carbocycles. The molecule has 0 amide bonds. The first-order valence-corrected chi connectivity index (χ1v) is 9.49. The van der Waals surface area contributed by atoms with Crippen molar-refractivity contribution in [3.05, 3.63) is 20.8 Å². The molecule has 1 aromatic heterocycles. The minimum atomic E-state index is 0.140. The van der Waals surface area contributed by atoms with E-state index in [0.717, 1.165) is 48.9 Å². The van der Waals surface area contributed by atoms with E-state index in [1.54, 1.807) is 11.3 Å². The zero-order valence-electron chi connectivity index (χ0n) is 14.4. The van der Waals surface area contributed by atoms with Gasteiger partial charge in [0.05, 0.1) is 10.3 Å². The number of ether oxygens (including phenoxy) is 1. The summed E-state index contributed by atoms with van der Waals surface area (Å²) < 4.78 is 6.70. The Morgan fingerprint density at radius 1 is 1.35 bits per heavy atom. The van der Waals surface area contributed by atoms with Crippen molar-refractivity contribution < 1.29 is 4.74 Å². The van der Waals surface area contributed by atoms with Crippen molar-refractivity contribution in [1.82, 2.24) is 15.1 Å². The molecule has 0 unspecified atom stereocenters. The first kappa shape index (κ1) is 18.7. The van der Waals surface area contributed by atoms with Gasteiger partial charge in [0.25, 0.3) is 0 Å². The third kappa shape index (κ3) is 4.92. The van der Waals surface area contributed by atoms with Gasteiger partial charge in [-0.25, -0.2) is 0 Å². The fourth-order valence-corrected chi connectivity index (χ4v) is 4.44. The number of likely N-dealkylation sites (N-methyl/N-ethyl adjacent to an activating group) is 1. The molecular formula is C16H27BrN4OS. The average Bonchev–Trinajstić information content (AvgIpc) is 2.93. The van der Waals surface area contributed by atoms with E-state index < -0.39 is 0 Å². The van der Waals surface area contributed by atoms with Crippen molar-refractivity contribution in [3.8, 4) is 0 Å². The quantitative estimate of drug-likeness (QED) is 0.606.